The highest BCUT2D eigenvalue weighted by molar-refractivity contribution is 8.26. The number of hydrogen-bond acceptors (Lipinski definition) is 6. The monoisotopic (exact) mass is 406 g/mol. The molecule has 28 heavy (non-hydrogen) atoms. The first-order valence-corrected chi connectivity index (χ1v) is 9.20. The quantitative estimate of drug-likeness (QED) is 0.383. The zero-order valence-corrected chi connectivity index (χ0v) is 15.7. The third kappa shape index (κ3) is 3.67. The number of carbonyl (C=O) groups is 2. The van der Waals surface area contributed by atoms with Gasteiger partial charge >= 0.3 is 5.97 Å². The number of pyridine rings is 1. The van der Waals surface area contributed by atoms with Gasteiger partial charge in [0.1, 0.15) is 10.1 Å². The lowest BCUT2D eigenvalue weighted by Crippen LogP contribution is -2.17. The molecule has 3 heterocycles. The summed E-state index contributed by atoms with van der Waals surface area (Å²) in [5.41, 5.74) is 1.83. The van der Waals surface area contributed by atoms with E-state index in [1.165, 1.54) is 23.9 Å². The molecular formula is C20H10N2O4S2. The third-order valence-corrected chi connectivity index (χ3v) is 4.97. The molecule has 4 rings (SSSR count). The summed E-state index contributed by atoms with van der Waals surface area (Å²) in [7, 11) is 0. The van der Waals surface area contributed by atoms with Gasteiger partial charge in [-0.2, -0.15) is 0 Å². The molecule has 0 unspecified atom stereocenters. The lowest BCUT2D eigenvalue weighted by atomic mass is 10.1. The van der Waals surface area contributed by atoms with Crippen molar-refractivity contribution in [2.75, 3.05) is 0 Å². The van der Waals surface area contributed by atoms with Crippen molar-refractivity contribution in [1.82, 2.24) is 10.3 Å². The molecule has 0 bridgehead atoms. The van der Waals surface area contributed by atoms with Crippen molar-refractivity contribution in [2.24, 2.45) is 0 Å². The predicted molar refractivity (Wildman–Crippen MR) is 110 cm³/mol. The molecule has 3 aromatic rings. The number of thioether (sulfide) groups is 1. The Hall–Kier alpha value is -3.41. The zero-order valence-electron chi connectivity index (χ0n) is 14.1. The highest BCUT2D eigenvalue weighted by Crippen LogP contribution is 2.29. The van der Waals surface area contributed by atoms with Crippen molar-refractivity contribution in [3.05, 3.63) is 70.1 Å². The first-order valence-electron chi connectivity index (χ1n) is 7.97. The highest BCUT2D eigenvalue weighted by Gasteiger charge is 2.22. The van der Waals surface area contributed by atoms with Gasteiger partial charge in [0.15, 0.2) is 5.58 Å². The summed E-state index contributed by atoms with van der Waals surface area (Å²) in [6.07, 6.45) is 4.83. The van der Waals surface area contributed by atoms with E-state index < -0.39 is 5.97 Å². The number of fused-ring (bicyclic) bond motifs is 1. The van der Waals surface area contributed by atoms with Crippen LogP contribution in [0.1, 0.15) is 27.2 Å². The summed E-state index contributed by atoms with van der Waals surface area (Å²) in [6, 6.07) is 8.13. The minimum Gasteiger partial charge on any atom is -0.478 e. The van der Waals surface area contributed by atoms with Crippen molar-refractivity contribution in [3.8, 4) is 11.8 Å². The van der Waals surface area contributed by atoms with Crippen molar-refractivity contribution in [1.29, 1.82) is 0 Å². The van der Waals surface area contributed by atoms with E-state index in [2.05, 4.69) is 22.1 Å². The molecule has 1 saturated heterocycles. The van der Waals surface area contributed by atoms with Crippen LogP contribution in [0.2, 0.25) is 0 Å². The van der Waals surface area contributed by atoms with Crippen molar-refractivity contribution in [2.45, 2.75) is 0 Å². The topological polar surface area (TPSA) is 92.4 Å². The fraction of sp³-hybridized carbons (Fsp3) is 0. The number of amides is 1. The minimum absolute atomic E-state index is 0.167. The molecule has 1 aliphatic rings. The van der Waals surface area contributed by atoms with Crippen LogP contribution in [0.15, 0.2) is 52.0 Å². The molecule has 1 aromatic carbocycles. The summed E-state index contributed by atoms with van der Waals surface area (Å²) in [6.45, 7) is 0. The molecule has 0 saturated carbocycles. The van der Waals surface area contributed by atoms with E-state index in [4.69, 9.17) is 21.7 Å². The largest absolute Gasteiger partial charge is 0.478 e. The molecule has 0 atom stereocenters. The minimum atomic E-state index is -1.01. The van der Waals surface area contributed by atoms with Crippen LogP contribution in [0, 0.1) is 11.8 Å². The van der Waals surface area contributed by atoms with Gasteiger partial charge in [0, 0.05) is 29.4 Å². The maximum atomic E-state index is 11.8. The first kappa shape index (κ1) is 18.0. The molecule has 0 radical (unpaired) electrons. The number of hydrogen-bond donors (Lipinski definition) is 2. The number of furan rings is 1. The fourth-order valence-corrected chi connectivity index (χ4v) is 3.59. The number of carboxylic acid groups (broad SMARTS) is 1. The van der Waals surface area contributed by atoms with E-state index >= 15 is 0 Å². The molecule has 2 aromatic heterocycles. The molecule has 8 heteroatoms. The van der Waals surface area contributed by atoms with Gasteiger partial charge in [0.2, 0.25) is 0 Å². The molecule has 1 fully saturated rings. The Balaban J connectivity index is 1.70. The number of aromatic nitrogens is 1. The third-order valence-electron chi connectivity index (χ3n) is 3.81. The number of benzene rings is 1. The van der Waals surface area contributed by atoms with Gasteiger partial charge < -0.3 is 14.8 Å². The van der Waals surface area contributed by atoms with Gasteiger partial charge in [-0.1, -0.05) is 41.9 Å². The number of carboxylic acids is 1. The van der Waals surface area contributed by atoms with Crippen molar-refractivity contribution < 1.29 is 19.1 Å². The molecule has 1 aliphatic heterocycles. The SMILES string of the molecule is O=C1NC(=S)S/C1=C/c1cc2cncc(C#Cc3cccc(C(=O)O)c3)c2o1. The molecule has 1 amide bonds. The number of carbonyl (C=O) groups excluding carboxylic acids is 1. The standard InChI is InChI=1S/C20H10N2O4S2/c23-18-16(28-20(27)22-18)8-15-7-14-10-21-9-13(17(14)26-15)5-4-11-2-1-3-12(6-11)19(24)25/h1-3,6-10H,(H,24,25)(H,22,23,27)/b16-8+. The average molecular weight is 406 g/mol. The lowest BCUT2D eigenvalue weighted by molar-refractivity contribution is -0.115. The Morgan fingerprint density at radius 3 is 2.89 bits per heavy atom. The Labute approximate surface area is 168 Å². The van der Waals surface area contributed by atoms with E-state index in [0.29, 0.717) is 31.7 Å². The first-order chi connectivity index (χ1) is 13.5. The van der Waals surface area contributed by atoms with Crippen LogP contribution in [0.4, 0.5) is 0 Å². The van der Waals surface area contributed by atoms with Gasteiger partial charge in [-0.25, -0.2) is 4.79 Å². The van der Waals surface area contributed by atoms with Crippen LogP contribution in [-0.4, -0.2) is 26.3 Å². The summed E-state index contributed by atoms with van der Waals surface area (Å²) < 4.78 is 6.25. The summed E-state index contributed by atoms with van der Waals surface area (Å²) in [5.74, 6) is 5.12. The highest BCUT2D eigenvalue weighted by atomic mass is 32.2. The fourth-order valence-electron chi connectivity index (χ4n) is 2.56. The van der Waals surface area contributed by atoms with Crippen LogP contribution in [0.5, 0.6) is 0 Å². The molecule has 0 spiro atoms. The molecule has 0 aliphatic carbocycles. The Kier molecular flexibility index (Phi) is 4.69. The van der Waals surface area contributed by atoms with Crippen molar-refractivity contribution >= 4 is 57.2 Å². The molecular weight excluding hydrogens is 396 g/mol. The zero-order chi connectivity index (χ0) is 19.7. The number of thiocarbonyl (C=S) groups is 1. The Morgan fingerprint density at radius 1 is 1.29 bits per heavy atom. The Bertz CT molecular complexity index is 1250. The number of nitrogens with one attached hydrogen (secondary N) is 1. The van der Waals surface area contributed by atoms with Crippen LogP contribution in [0.25, 0.3) is 17.0 Å². The molecule has 6 nitrogen and oxygen atoms in total. The number of aromatic carboxylic acids is 1. The van der Waals surface area contributed by atoms with Crippen LogP contribution < -0.4 is 5.32 Å². The second kappa shape index (κ2) is 7.31. The number of rotatable bonds is 2. The smallest absolute Gasteiger partial charge is 0.335 e. The second-order valence-electron chi connectivity index (χ2n) is 5.74. The van der Waals surface area contributed by atoms with E-state index in [1.807, 2.05) is 0 Å². The van der Waals surface area contributed by atoms with E-state index in [1.54, 1.807) is 36.7 Å². The maximum Gasteiger partial charge on any atom is 0.335 e. The van der Waals surface area contributed by atoms with Crippen LogP contribution in [0.3, 0.4) is 0 Å². The summed E-state index contributed by atoms with van der Waals surface area (Å²) >= 11 is 6.15. The predicted octanol–water partition coefficient (Wildman–Crippen LogP) is 3.41. The van der Waals surface area contributed by atoms with Gasteiger partial charge in [-0.05, 0) is 24.3 Å². The van der Waals surface area contributed by atoms with Crippen LogP contribution >= 0.6 is 24.0 Å². The lowest BCUT2D eigenvalue weighted by Gasteiger charge is -1.95. The van der Waals surface area contributed by atoms with E-state index in [0.717, 1.165) is 5.39 Å². The van der Waals surface area contributed by atoms with Crippen LogP contribution in [-0.2, 0) is 4.79 Å². The normalized spacial score (nSPS) is 14.8. The van der Waals surface area contributed by atoms with Gasteiger partial charge in [-0.3, -0.25) is 9.78 Å². The maximum absolute atomic E-state index is 11.8. The summed E-state index contributed by atoms with van der Waals surface area (Å²) in [5, 5.41) is 12.4. The average Bonchev–Trinajstić information content (AvgIpc) is 3.22. The second-order valence-corrected chi connectivity index (χ2v) is 7.46. The summed E-state index contributed by atoms with van der Waals surface area (Å²) in [4.78, 5) is 27.5. The van der Waals surface area contributed by atoms with Gasteiger partial charge in [0.25, 0.3) is 5.91 Å². The van der Waals surface area contributed by atoms with Crippen molar-refractivity contribution in [3.63, 3.8) is 0 Å². The number of nitrogens with zero attached hydrogens (tertiary/aromatic N) is 1. The molecule has 2 N–H and O–H groups in total. The van der Waals surface area contributed by atoms with Gasteiger partial charge in [-0.15, -0.1) is 0 Å². The van der Waals surface area contributed by atoms with Gasteiger partial charge in [0.05, 0.1) is 16.0 Å². The molecule has 136 valence electrons. The Morgan fingerprint density at radius 2 is 2.14 bits per heavy atom. The van der Waals surface area contributed by atoms with E-state index in [-0.39, 0.29) is 11.5 Å². The van der Waals surface area contributed by atoms with E-state index in [9.17, 15) is 9.59 Å².